The molecule has 1 aliphatic rings. The number of carbonyl (C=O) groups is 3. The maximum Gasteiger partial charge on any atom is 0.325 e. The van der Waals surface area contributed by atoms with Crippen LogP contribution in [0.5, 0.6) is 0 Å². The molecule has 1 heterocycles. The summed E-state index contributed by atoms with van der Waals surface area (Å²) < 4.78 is 26.7. The van der Waals surface area contributed by atoms with Crippen molar-refractivity contribution in [2.75, 3.05) is 6.54 Å². The Bertz CT molecular complexity index is 743. The van der Waals surface area contributed by atoms with Crippen molar-refractivity contribution < 1.29 is 23.2 Å². The number of hydrogen-bond donors (Lipinski definition) is 1. The molecule has 4 amide bonds. The van der Waals surface area contributed by atoms with Crippen molar-refractivity contribution in [2.24, 2.45) is 0 Å². The van der Waals surface area contributed by atoms with Crippen molar-refractivity contribution >= 4 is 17.8 Å². The van der Waals surface area contributed by atoms with E-state index < -0.39 is 35.7 Å². The third-order valence-corrected chi connectivity index (χ3v) is 4.47. The normalized spacial score (nSPS) is 20.1. The van der Waals surface area contributed by atoms with E-state index in [1.807, 2.05) is 27.7 Å². The Kier molecular flexibility index (Phi) is 5.34. The number of hydrogen-bond acceptors (Lipinski definition) is 3. The molecular weight excluding hydrogens is 344 g/mol. The van der Waals surface area contributed by atoms with E-state index in [-0.39, 0.29) is 23.6 Å². The summed E-state index contributed by atoms with van der Waals surface area (Å²) in [5, 5.41) is 2.47. The van der Waals surface area contributed by atoms with Crippen LogP contribution in [0, 0.1) is 11.6 Å². The molecule has 26 heavy (non-hydrogen) atoms. The number of rotatable bonds is 5. The van der Waals surface area contributed by atoms with Gasteiger partial charge in [-0.1, -0.05) is 6.07 Å². The third kappa shape index (κ3) is 3.40. The van der Waals surface area contributed by atoms with Crippen molar-refractivity contribution in [3.05, 3.63) is 35.4 Å². The molecule has 0 aromatic heterocycles. The Hall–Kier alpha value is -2.51. The largest absolute Gasteiger partial charge is 0.336 e. The fourth-order valence-corrected chi connectivity index (χ4v) is 3.23. The van der Waals surface area contributed by atoms with Crippen LogP contribution in [0.3, 0.4) is 0 Å². The average molecular weight is 367 g/mol. The summed E-state index contributed by atoms with van der Waals surface area (Å²) in [5.41, 5.74) is -1.46. The summed E-state index contributed by atoms with van der Waals surface area (Å²) in [6.45, 7) is 8.35. The molecule has 1 atom stereocenters. The van der Waals surface area contributed by atoms with E-state index in [9.17, 15) is 23.2 Å². The molecule has 142 valence electrons. The predicted molar refractivity (Wildman–Crippen MR) is 91.1 cm³/mol. The van der Waals surface area contributed by atoms with Gasteiger partial charge in [0.25, 0.3) is 5.91 Å². The van der Waals surface area contributed by atoms with Crippen LogP contribution in [0.4, 0.5) is 13.6 Å². The van der Waals surface area contributed by atoms with E-state index in [1.165, 1.54) is 13.0 Å². The van der Waals surface area contributed by atoms with E-state index in [2.05, 4.69) is 5.32 Å². The monoisotopic (exact) mass is 367 g/mol. The minimum atomic E-state index is -1.56. The lowest BCUT2D eigenvalue weighted by molar-refractivity contribution is -0.141. The second-order valence-corrected chi connectivity index (χ2v) is 7.06. The van der Waals surface area contributed by atoms with Crippen LogP contribution >= 0.6 is 0 Å². The maximum absolute atomic E-state index is 13.5. The zero-order chi connectivity index (χ0) is 19.8. The van der Waals surface area contributed by atoms with Gasteiger partial charge in [-0.05, 0) is 52.3 Å². The minimum Gasteiger partial charge on any atom is -0.336 e. The van der Waals surface area contributed by atoms with Crippen LogP contribution in [0.2, 0.25) is 0 Å². The van der Waals surface area contributed by atoms with Crippen LogP contribution in [0.15, 0.2) is 18.2 Å². The summed E-state index contributed by atoms with van der Waals surface area (Å²) in [4.78, 5) is 40.0. The zero-order valence-electron chi connectivity index (χ0n) is 15.5. The molecule has 1 aliphatic heterocycles. The number of amides is 4. The van der Waals surface area contributed by atoms with Gasteiger partial charge in [0, 0.05) is 12.1 Å². The van der Waals surface area contributed by atoms with E-state index in [1.54, 1.807) is 4.90 Å². The molecule has 0 saturated carbocycles. The highest BCUT2D eigenvalue weighted by molar-refractivity contribution is 6.09. The number of halogens is 2. The Morgan fingerprint density at radius 2 is 1.73 bits per heavy atom. The molecule has 1 aromatic rings. The van der Waals surface area contributed by atoms with Crippen molar-refractivity contribution in [3.63, 3.8) is 0 Å². The van der Waals surface area contributed by atoms with Crippen LogP contribution < -0.4 is 5.32 Å². The molecule has 0 radical (unpaired) electrons. The fourth-order valence-electron chi connectivity index (χ4n) is 3.23. The third-order valence-electron chi connectivity index (χ3n) is 4.47. The highest BCUT2D eigenvalue weighted by Crippen LogP contribution is 2.29. The Morgan fingerprint density at radius 3 is 2.23 bits per heavy atom. The summed E-state index contributed by atoms with van der Waals surface area (Å²) in [7, 11) is 0. The smallest absolute Gasteiger partial charge is 0.325 e. The second kappa shape index (κ2) is 7.01. The molecule has 0 spiro atoms. The lowest BCUT2D eigenvalue weighted by Crippen LogP contribution is -2.49. The van der Waals surface area contributed by atoms with E-state index in [0.29, 0.717) is 0 Å². The van der Waals surface area contributed by atoms with Gasteiger partial charge < -0.3 is 10.2 Å². The first-order chi connectivity index (χ1) is 12.0. The summed E-state index contributed by atoms with van der Waals surface area (Å²) in [6, 6.07) is 2.05. The molecule has 6 nitrogen and oxygen atoms in total. The molecule has 8 heteroatoms. The van der Waals surface area contributed by atoms with Gasteiger partial charge in [-0.3, -0.25) is 14.5 Å². The first-order valence-corrected chi connectivity index (χ1v) is 8.39. The second-order valence-electron chi connectivity index (χ2n) is 7.06. The van der Waals surface area contributed by atoms with Gasteiger partial charge in [0.1, 0.15) is 12.1 Å². The zero-order valence-corrected chi connectivity index (χ0v) is 15.5. The molecule has 1 unspecified atom stereocenters. The Morgan fingerprint density at radius 1 is 1.15 bits per heavy atom. The first-order valence-electron chi connectivity index (χ1n) is 8.39. The van der Waals surface area contributed by atoms with Gasteiger partial charge in [0.2, 0.25) is 5.91 Å². The van der Waals surface area contributed by atoms with Crippen LogP contribution in [0.25, 0.3) is 0 Å². The van der Waals surface area contributed by atoms with Crippen molar-refractivity contribution in [1.82, 2.24) is 15.1 Å². The van der Waals surface area contributed by atoms with E-state index >= 15 is 0 Å². The fraction of sp³-hybridized carbons (Fsp3) is 0.500. The predicted octanol–water partition coefficient (Wildman–Crippen LogP) is 2.38. The maximum atomic E-state index is 13.5. The minimum absolute atomic E-state index is 0.0964. The van der Waals surface area contributed by atoms with Gasteiger partial charge in [0.05, 0.1) is 0 Å². The number of urea groups is 1. The average Bonchev–Trinajstić information content (AvgIpc) is 2.73. The van der Waals surface area contributed by atoms with E-state index in [0.717, 1.165) is 17.0 Å². The lowest BCUT2D eigenvalue weighted by Gasteiger charge is -2.32. The van der Waals surface area contributed by atoms with Gasteiger partial charge in [-0.25, -0.2) is 13.6 Å². The Labute approximate surface area is 151 Å². The number of carbonyl (C=O) groups excluding carboxylic acids is 3. The molecular formula is C18H23F2N3O3. The highest BCUT2D eigenvalue weighted by Gasteiger charge is 2.50. The lowest BCUT2D eigenvalue weighted by atomic mass is 9.92. The van der Waals surface area contributed by atoms with Gasteiger partial charge in [-0.2, -0.15) is 0 Å². The molecule has 2 rings (SSSR count). The molecule has 1 fully saturated rings. The van der Waals surface area contributed by atoms with Crippen LogP contribution in [0.1, 0.15) is 40.2 Å². The standard InChI is InChI=1S/C18H23F2N3O3/c1-10(2)23(11(3)4)15(24)9-22-16(25)18(5,21-17(22)26)12-6-7-13(19)14(20)8-12/h6-8,10-11H,9H2,1-5H3,(H,21,26). The topological polar surface area (TPSA) is 69.7 Å². The van der Waals surface area contributed by atoms with Crippen molar-refractivity contribution in [1.29, 1.82) is 0 Å². The highest BCUT2D eigenvalue weighted by atomic mass is 19.2. The Balaban J connectivity index is 2.28. The SMILES string of the molecule is CC(C)N(C(=O)CN1C(=O)NC(C)(c2ccc(F)c(F)c2)C1=O)C(C)C. The number of imide groups is 1. The number of nitrogens with one attached hydrogen (secondary N) is 1. The molecule has 1 saturated heterocycles. The summed E-state index contributed by atoms with van der Waals surface area (Å²) >= 11 is 0. The molecule has 1 N–H and O–H groups in total. The van der Waals surface area contributed by atoms with Crippen molar-refractivity contribution in [2.45, 2.75) is 52.2 Å². The van der Waals surface area contributed by atoms with Gasteiger partial charge in [0.15, 0.2) is 11.6 Å². The van der Waals surface area contributed by atoms with Crippen LogP contribution in [-0.2, 0) is 15.1 Å². The van der Waals surface area contributed by atoms with Crippen molar-refractivity contribution in [3.8, 4) is 0 Å². The molecule has 0 aliphatic carbocycles. The molecule has 0 bridgehead atoms. The van der Waals surface area contributed by atoms with E-state index in [4.69, 9.17) is 0 Å². The summed E-state index contributed by atoms with van der Waals surface area (Å²) in [6.07, 6.45) is 0. The van der Waals surface area contributed by atoms with Gasteiger partial charge in [-0.15, -0.1) is 0 Å². The van der Waals surface area contributed by atoms with Gasteiger partial charge >= 0.3 is 6.03 Å². The van der Waals surface area contributed by atoms with Crippen LogP contribution in [-0.4, -0.2) is 46.3 Å². The number of nitrogens with zero attached hydrogens (tertiary/aromatic N) is 2. The summed E-state index contributed by atoms with van der Waals surface area (Å²) in [5.74, 6) is -3.22. The quantitative estimate of drug-likeness (QED) is 0.813. The molecule has 1 aromatic carbocycles. The first kappa shape index (κ1) is 19.8. The number of benzene rings is 1.